The fraction of sp³-hybridized carbons (Fsp3) is 0.174. The second-order valence-corrected chi connectivity index (χ2v) is 26.2. The third kappa shape index (κ3) is 4.88. The molecule has 0 atom stereocenters. The summed E-state index contributed by atoms with van der Waals surface area (Å²) < 4.78 is 0. The van der Waals surface area contributed by atoms with Crippen LogP contribution in [-0.4, -0.2) is 16.1 Å². The lowest BCUT2D eigenvalue weighted by atomic mass is 9.94. The first-order valence-electron chi connectivity index (χ1n) is 18.0. The van der Waals surface area contributed by atoms with E-state index >= 15 is 0 Å². The van der Waals surface area contributed by atoms with E-state index < -0.39 is 16.1 Å². The molecule has 0 amide bonds. The van der Waals surface area contributed by atoms with Crippen molar-refractivity contribution in [1.29, 1.82) is 0 Å². The minimum absolute atomic E-state index is 0.968. The first-order chi connectivity index (χ1) is 24.1. The van der Waals surface area contributed by atoms with Gasteiger partial charge in [0.05, 0.1) is 16.1 Å². The first-order valence-corrected chi connectivity index (χ1v) is 25.0. The van der Waals surface area contributed by atoms with Gasteiger partial charge < -0.3 is 9.80 Å². The van der Waals surface area contributed by atoms with E-state index in [4.69, 9.17) is 0 Å². The van der Waals surface area contributed by atoms with E-state index in [1.807, 2.05) is 0 Å². The number of rotatable bonds is 4. The zero-order valence-corrected chi connectivity index (χ0v) is 32.0. The highest BCUT2D eigenvalue weighted by Gasteiger charge is 2.32. The van der Waals surface area contributed by atoms with Crippen LogP contribution in [-0.2, 0) is 12.8 Å². The molecule has 9 rings (SSSR count). The summed E-state index contributed by atoms with van der Waals surface area (Å²) in [5.74, 6) is 0. The standard InChI is InChI=1S/C46H44N2Si2/c1-49(2,3)45-37-25-23-36(48-43-21-13-9-17-33(43)28-34-18-10-14-22-44(34)48)30-40(37)46(50(4,5)6)38-26-24-35(29-39(38)45)47-41-19-11-7-15-31(41)27-32-16-8-12-20-42(32)47/h7-26,29-30H,27-28H2,1-6H3. The van der Waals surface area contributed by atoms with Crippen LogP contribution in [0.5, 0.6) is 0 Å². The van der Waals surface area contributed by atoms with Crippen LogP contribution in [0.4, 0.5) is 34.1 Å². The van der Waals surface area contributed by atoms with E-state index in [-0.39, 0.29) is 0 Å². The van der Waals surface area contributed by atoms with Gasteiger partial charge in [0.1, 0.15) is 0 Å². The predicted octanol–water partition coefficient (Wildman–Crippen LogP) is 11.8. The van der Waals surface area contributed by atoms with Crippen molar-refractivity contribution < 1.29 is 0 Å². The van der Waals surface area contributed by atoms with Gasteiger partial charge in [-0.3, -0.25) is 0 Å². The van der Waals surface area contributed by atoms with E-state index in [1.54, 1.807) is 10.4 Å². The van der Waals surface area contributed by atoms with Crippen LogP contribution >= 0.6 is 0 Å². The number of benzene rings is 7. The molecule has 0 saturated carbocycles. The molecular weight excluding hydrogens is 637 g/mol. The van der Waals surface area contributed by atoms with Gasteiger partial charge in [0.15, 0.2) is 0 Å². The Morgan fingerprint density at radius 3 is 0.960 bits per heavy atom. The molecular formula is C46H44N2Si2. The molecule has 0 saturated heterocycles. The fourth-order valence-electron chi connectivity index (χ4n) is 8.84. The summed E-state index contributed by atoms with van der Waals surface area (Å²) in [7, 11) is -3.70. The van der Waals surface area contributed by atoms with Crippen molar-refractivity contribution in [2.75, 3.05) is 9.80 Å². The van der Waals surface area contributed by atoms with Crippen LogP contribution in [0.25, 0.3) is 21.5 Å². The van der Waals surface area contributed by atoms with Crippen LogP contribution in [0.3, 0.4) is 0 Å². The van der Waals surface area contributed by atoms with E-state index in [2.05, 4.69) is 183 Å². The minimum atomic E-state index is -1.85. The molecule has 2 aliphatic heterocycles. The Kier molecular flexibility index (Phi) is 7.03. The Morgan fingerprint density at radius 1 is 0.360 bits per heavy atom. The van der Waals surface area contributed by atoms with Crippen molar-refractivity contribution in [3.05, 3.63) is 156 Å². The number of para-hydroxylation sites is 4. The maximum absolute atomic E-state index is 2.54. The van der Waals surface area contributed by atoms with Crippen molar-refractivity contribution in [3.8, 4) is 0 Å². The zero-order chi connectivity index (χ0) is 34.4. The lowest BCUT2D eigenvalue weighted by Gasteiger charge is -2.35. The van der Waals surface area contributed by atoms with E-state index in [1.165, 1.54) is 77.9 Å². The summed E-state index contributed by atoms with van der Waals surface area (Å²) in [5, 5.41) is 8.88. The van der Waals surface area contributed by atoms with Gasteiger partial charge in [0.25, 0.3) is 0 Å². The molecule has 0 unspecified atom stereocenters. The molecule has 50 heavy (non-hydrogen) atoms. The fourth-order valence-corrected chi connectivity index (χ4v) is 12.9. The monoisotopic (exact) mass is 680 g/mol. The van der Waals surface area contributed by atoms with Gasteiger partial charge in [0.2, 0.25) is 0 Å². The van der Waals surface area contributed by atoms with Gasteiger partial charge in [0, 0.05) is 47.0 Å². The molecule has 0 N–H and O–H groups in total. The first kappa shape index (κ1) is 31.1. The van der Waals surface area contributed by atoms with E-state index in [0.717, 1.165) is 12.8 Å². The molecule has 4 heteroatoms. The van der Waals surface area contributed by atoms with Gasteiger partial charge in [-0.2, -0.15) is 0 Å². The Morgan fingerprint density at radius 2 is 0.660 bits per heavy atom. The maximum Gasteiger partial charge on any atom is 0.0792 e. The average molecular weight is 681 g/mol. The van der Waals surface area contributed by atoms with Crippen molar-refractivity contribution in [2.45, 2.75) is 52.1 Å². The highest BCUT2D eigenvalue weighted by atomic mass is 28.3. The summed E-state index contributed by atoms with van der Waals surface area (Å²) in [5.41, 5.74) is 13.2. The van der Waals surface area contributed by atoms with Crippen molar-refractivity contribution in [2.24, 2.45) is 0 Å². The van der Waals surface area contributed by atoms with Crippen LogP contribution in [0.1, 0.15) is 22.3 Å². The second-order valence-electron chi connectivity index (χ2n) is 16.2. The molecule has 7 aromatic carbocycles. The third-order valence-corrected chi connectivity index (χ3v) is 14.9. The van der Waals surface area contributed by atoms with Gasteiger partial charge in [-0.25, -0.2) is 0 Å². The maximum atomic E-state index is 2.54. The minimum Gasteiger partial charge on any atom is -0.310 e. The Hall–Kier alpha value is -4.91. The molecule has 0 aromatic heterocycles. The average Bonchev–Trinajstić information content (AvgIpc) is 3.10. The number of hydrogen-bond acceptors (Lipinski definition) is 2. The molecule has 0 radical (unpaired) electrons. The molecule has 246 valence electrons. The van der Waals surface area contributed by atoms with Crippen molar-refractivity contribution in [3.63, 3.8) is 0 Å². The highest BCUT2D eigenvalue weighted by Crippen LogP contribution is 2.46. The largest absolute Gasteiger partial charge is 0.310 e. The van der Waals surface area contributed by atoms with Gasteiger partial charge in [-0.1, -0.05) is 124 Å². The van der Waals surface area contributed by atoms with E-state index in [9.17, 15) is 0 Å². The molecule has 0 spiro atoms. The molecule has 7 aromatic rings. The van der Waals surface area contributed by atoms with Gasteiger partial charge >= 0.3 is 0 Å². The normalized spacial score (nSPS) is 14.0. The molecule has 2 aliphatic rings. The van der Waals surface area contributed by atoms with Crippen molar-refractivity contribution in [1.82, 2.24) is 0 Å². The van der Waals surface area contributed by atoms with Crippen LogP contribution in [0.15, 0.2) is 133 Å². The highest BCUT2D eigenvalue weighted by molar-refractivity contribution is 6.95. The van der Waals surface area contributed by atoms with E-state index in [0.29, 0.717) is 0 Å². The SMILES string of the molecule is C[Si](C)(C)c1c2ccc(N3c4ccccc4Cc4ccccc43)cc2c([Si](C)(C)C)c2ccc(N3c4ccccc4Cc4ccccc43)cc12. The van der Waals surface area contributed by atoms with Crippen molar-refractivity contribution >= 4 is 82.2 Å². The number of fused-ring (bicyclic) bond motifs is 6. The quantitative estimate of drug-likeness (QED) is 0.135. The number of hydrogen-bond donors (Lipinski definition) is 0. The Balaban J connectivity index is 1.33. The predicted molar refractivity (Wildman–Crippen MR) is 222 cm³/mol. The molecule has 2 heterocycles. The summed E-state index contributed by atoms with van der Waals surface area (Å²) in [4.78, 5) is 5.02. The van der Waals surface area contributed by atoms with Gasteiger partial charge in [-0.15, -0.1) is 0 Å². The summed E-state index contributed by atoms with van der Waals surface area (Å²) in [6, 6.07) is 50.6. The van der Waals surface area contributed by atoms with Gasteiger partial charge in [-0.05, 0) is 103 Å². The second kappa shape index (κ2) is 11.3. The zero-order valence-electron chi connectivity index (χ0n) is 30.0. The van der Waals surface area contributed by atoms with Crippen LogP contribution in [0, 0.1) is 0 Å². The number of anilines is 6. The molecule has 0 fully saturated rings. The van der Waals surface area contributed by atoms with Crippen LogP contribution < -0.4 is 20.2 Å². The smallest absolute Gasteiger partial charge is 0.0792 e. The summed E-state index contributed by atoms with van der Waals surface area (Å²) >= 11 is 0. The Labute approximate surface area is 298 Å². The third-order valence-electron chi connectivity index (χ3n) is 10.8. The molecule has 2 nitrogen and oxygen atoms in total. The topological polar surface area (TPSA) is 6.48 Å². The molecule has 0 bridgehead atoms. The lowest BCUT2D eigenvalue weighted by molar-refractivity contribution is 1.09. The lowest BCUT2D eigenvalue weighted by Crippen LogP contribution is -2.44. The Bertz CT molecular complexity index is 2220. The van der Waals surface area contributed by atoms with Crippen LogP contribution in [0.2, 0.25) is 39.3 Å². The molecule has 0 aliphatic carbocycles. The summed E-state index contributed by atoms with van der Waals surface area (Å²) in [6.07, 6.45) is 1.94. The number of nitrogens with zero attached hydrogens (tertiary/aromatic N) is 2. The summed E-state index contributed by atoms with van der Waals surface area (Å²) in [6.45, 7) is 15.2.